The molecule has 176 valence electrons. The van der Waals surface area contributed by atoms with Crippen LogP contribution in [0.2, 0.25) is 0 Å². The van der Waals surface area contributed by atoms with Crippen molar-refractivity contribution < 1.29 is 9.53 Å². The lowest BCUT2D eigenvalue weighted by Crippen LogP contribution is -2.42. The van der Waals surface area contributed by atoms with Gasteiger partial charge in [0.25, 0.3) is 0 Å². The number of ether oxygens (including phenoxy) is 1. The zero-order chi connectivity index (χ0) is 22.6. The molecule has 2 rings (SSSR count). The first kappa shape index (κ1) is 25.7. The van der Waals surface area contributed by atoms with Gasteiger partial charge in [0, 0.05) is 25.7 Å². The molecule has 0 aromatic heterocycles. The molecule has 1 aromatic rings. The number of hydrogen-bond donors (Lipinski definition) is 1. The van der Waals surface area contributed by atoms with Gasteiger partial charge in [0.1, 0.15) is 5.75 Å². The third-order valence-corrected chi connectivity index (χ3v) is 6.48. The van der Waals surface area contributed by atoms with Gasteiger partial charge in [-0.1, -0.05) is 38.8 Å². The van der Waals surface area contributed by atoms with Crippen molar-refractivity contribution in [2.45, 2.75) is 84.6 Å². The summed E-state index contributed by atoms with van der Waals surface area (Å²) in [6.45, 7) is 13.4. The highest BCUT2D eigenvalue weighted by Crippen LogP contribution is 2.33. The summed E-state index contributed by atoms with van der Waals surface area (Å²) in [6, 6.07) is 7.05. The highest BCUT2D eigenvalue weighted by Gasteiger charge is 2.32. The average Bonchev–Trinajstić information content (AvgIpc) is 3.12. The van der Waals surface area contributed by atoms with E-state index in [2.05, 4.69) is 55.7 Å². The Labute approximate surface area is 190 Å². The molecule has 1 saturated heterocycles. The second-order valence-corrected chi connectivity index (χ2v) is 9.17. The van der Waals surface area contributed by atoms with Crippen LogP contribution < -0.4 is 10.5 Å². The van der Waals surface area contributed by atoms with Gasteiger partial charge in [-0.15, -0.1) is 0 Å². The molecule has 2 atom stereocenters. The molecular formula is C26H45N3O2. The Bertz CT molecular complexity index is 664. The van der Waals surface area contributed by atoms with E-state index in [1.54, 1.807) is 0 Å². The normalized spacial score (nSPS) is 19.0. The van der Waals surface area contributed by atoms with E-state index in [9.17, 15) is 4.79 Å². The Morgan fingerprint density at radius 3 is 2.58 bits per heavy atom. The van der Waals surface area contributed by atoms with Crippen LogP contribution in [0.4, 0.5) is 0 Å². The van der Waals surface area contributed by atoms with Crippen LogP contribution in [0.25, 0.3) is 0 Å². The topological polar surface area (TPSA) is 58.8 Å². The van der Waals surface area contributed by atoms with Crippen LogP contribution in [0.1, 0.15) is 82.8 Å². The van der Waals surface area contributed by atoms with Crippen LogP contribution in [0.3, 0.4) is 0 Å². The Kier molecular flexibility index (Phi) is 11.4. The number of nitrogens with two attached hydrogens (primary N) is 1. The molecule has 0 aliphatic carbocycles. The van der Waals surface area contributed by atoms with E-state index < -0.39 is 0 Å². The maximum atomic E-state index is 13.0. The number of benzene rings is 1. The van der Waals surface area contributed by atoms with E-state index in [0.717, 1.165) is 76.9 Å². The number of amides is 1. The molecule has 1 fully saturated rings. The largest absolute Gasteiger partial charge is 0.493 e. The maximum absolute atomic E-state index is 13.0. The predicted octanol–water partition coefficient (Wildman–Crippen LogP) is 4.72. The number of rotatable bonds is 14. The lowest BCUT2D eigenvalue weighted by Gasteiger charge is -2.27. The number of likely N-dealkylation sites (tertiary alicyclic amines) is 1. The van der Waals surface area contributed by atoms with Crippen molar-refractivity contribution in [3.63, 3.8) is 0 Å². The first-order valence-electron chi connectivity index (χ1n) is 12.4. The Hall–Kier alpha value is -1.59. The molecule has 5 nitrogen and oxygen atoms in total. The highest BCUT2D eigenvalue weighted by molar-refractivity contribution is 5.78. The van der Waals surface area contributed by atoms with E-state index in [0.29, 0.717) is 25.0 Å². The fourth-order valence-electron chi connectivity index (χ4n) is 4.41. The third-order valence-electron chi connectivity index (χ3n) is 6.48. The quantitative estimate of drug-likeness (QED) is 0.433. The maximum Gasteiger partial charge on any atom is 0.236 e. The average molecular weight is 432 g/mol. The minimum absolute atomic E-state index is 0.272. The van der Waals surface area contributed by atoms with Crippen molar-refractivity contribution in [2.24, 2.45) is 5.73 Å². The van der Waals surface area contributed by atoms with Gasteiger partial charge in [-0.25, -0.2) is 0 Å². The minimum atomic E-state index is 0.272. The summed E-state index contributed by atoms with van der Waals surface area (Å²) in [5, 5.41) is 0. The standard InChI is InChI=1S/C26H45N3O2/c1-5-7-14-28(15-10-9-13-27)26(30)20-29-19-24(18-22(29)4)23-11-12-25(21(3)17-23)31-16-8-6-2/h11-12,17,22,24H,5-10,13-16,18-20,27H2,1-4H3/t22-,24+/m0/s1. The molecule has 1 aromatic carbocycles. The van der Waals surface area contributed by atoms with E-state index >= 15 is 0 Å². The summed E-state index contributed by atoms with van der Waals surface area (Å²) < 4.78 is 5.92. The summed E-state index contributed by atoms with van der Waals surface area (Å²) in [6.07, 6.45) is 7.50. The van der Waals surface area contributed by atoms with Gasteiger partial charge in [0.15, 0.2) is 0 Å². The smallest absolute Gasteiger partial charge is 0.236 e. The van der Waals surface area contributed by atoms with Crippen molar-refractivity contribution in [1.82, 2.24) is 9.80 Å². The van der Waals surface area contributed by atoms with E-state index in [-0.39, 0.29) is 5.91 Å². The number of aryl methyl sites for hydroxylation is 1. The first-order chi connectivity index (χ1) is 15.0. The molecule has 0 saturated carbocycles. The number of carbonyl (C=O) groups excluding carboxylic acids is 1. The molecule has 5 heteroatoms. The van der Waals surface area contributed by atoms with Gasteiger partial charge in [-0.3, -0.25) is 9.69 Å². The van der Waals surface area contributed by atoms with Gasteiger partial charge in [0.2, 0.25) is 5.91 Å². The van der Waals surface area contributed by atoms with Crippen LogP contribution in [0.5, 0.6) is 5.75 Å². The molecule has 31 heavy (non-hydrogen) atoms. The van der Waals surface area contributed by atoms with Crippen LogP contribution in [-0.2, 0) is 4.79 Å². The van der Waals surface area contributed by atoms with Gasteiger partial charge in [0.05, 0.1) is 13.2 Å². The molecule has 1 heterocycles. The third kappa shape index (κ3) is 8.12. The highest BCUT2D eigenvalue weighted by atomic mass is 16.5. The van der Waals surface area contributed by atoms with Gasteiger partial charge < -0.3 is 15.4 Å². The molecule has 0 spiro atoms. The Balaban J connectivity index is 1.94. The summed E-state index contributed by atoms with van der Waals surface area (Å²) in [7, 11) is 0. The van der Waals surface area contributed by atoms with Crippen LogP contribution in [-0.4, -0.2) is 61.1 Å². The molecule has 1 amide bonds. The zero-order valence-electron chi connectivity index (χ0n) is 20.4. The molecule has 0 bridgehead atoms. The van der Waals surface area contributed by atoms with Crippen molar-refractivity contribution >= 4 is 5.91 Å². The second-order valence-electron chi connectivity index (χ2n) is 9.17. The minimum Gasteiger partial charge on any atom is -0.493 e. The zero-order valence-corrected chi connectivity index (χ0v) is 20.4. The Morgan fingerprint density at radius 2 is 1.90 bits per heavy atom. The monoisotopic (exact) mass is 431 g/mol. The van der Waals surface area contributed by atoms with Crippen molar-refractivity contribution in [3.8, 4) is 5.75 Å². The van der Waals surface area contributed by atoms with E-state index in [4.69, 9.17) is 10.5 Å². The van der Waals surface area contributed by atoms with Crippen LogP contribution in [0, 0.1) is 6.92 Å². The summed E-state index contributed by atoms with van der Waals surface area (Å²) in [5.41, 5.74) is 8.22. The van der Waals surface area contributed by atoms with Crippen molar-refractivity contribution in [1.29, 1.82) is 0 Å². The number of carbonyl (C=O) groups is 1. The van der Waals surface area contributed by atoms with Crippen LogP contribution in [0.15, 0.2) is 18.2 Å². The molecular weight excluding hydrogens is 386 g/mol. The van der Waals surface area contributed by atoms with Gasteiger partial charge in [-0.2, -0.15) is 0 Å². The fraction of sp³-hybridized carbons (Fsp3) is 0.731. The molecule has 1 aliphatic rings. The molecule has 1 aliphatic heterocycles. The molecule has 0 unspecified atom stereocenters. The molecule has 2 N–H and O–H groups in total. The number of hydrogen-bond acceptors (Lipinski definition) is 4. The van der Waals surface area contributed by atoms with Crippen molar-refractivity contribution in [2.75, 3.05) is 39.3 Å². The lowest BCUT2D eigenvalue weighted by molar-refractivity contribution is -0.132. The van der Waals surface area contributed by atoms with Crippen LogP contribution >= 0.6 is 0 Å². The van der Waals surface area contributed by atoms with Gasteiger partial charge in [-0.05, 0) is 75.6 Å². The summed E-state index contributed by atoms with van der Waals surface area (Å²) in [4.78, 5) is 17.5. The van der Waals surface area contributed by atoms with Gasteiger partial charge >= 0.3 is 0 Å². The summed E-state index contributed by atoms with van der Waals surface area (Å²) >= 11 is 0. The number of nitrogens with zero attached hydrogens (tertiary/aromatic N) is 2. The second kappa shape index (κ2) is 13.7. The SMILES string of the molecule is CCCCOc1ccc([C@@H]2C[C@H](C)N(CC(=O)N(CCCC)CCCCN)C2)cc1C. The number of unbranched alkanes of at least 4 members (excludes halogenated alkanes) is 3. The predicted molar refractivity (Wildman–Crippen MR) is 130 cm³/mol. The molecule has 0 radical (unpaired) electrons. The fourth-order valence-corrected chi connectivity index (χ4v) is 4.41. The van der Waals surface area contributed by atoms with E-state index in [1.165, 1.54) is 11.1 Å². The summed E-state index contributed by atoms with van der Waals surface area (Å²) in [5.74, 6) is 1.75. The Morgan fingerprint density at radius 1 is 1.16 bits per heavy atom. The van der Waals surface area contributed by atoms with E-state index in [1.807, 2.05) is 0 Å². The van der Waals surface area contributed by atoms with Crippen molar-refractivity contribution in [3.05, 3.63) is 29.3 Å². The first-order valence-corrected chi connectivity index (χ1v) is 12.4. The lowest BCUT2D eigenvalue weighted by atomic mass is 9.95.